The molecule has 0 saturated heterocycles. The van der Waals surface area contributed by atoms with Crippen molar-refractivity contribution < 1.29 is 13.5 Å². The van der Waals surface area contributed by atoms with E-state index in [0.717, 1.165) is 0 Å². The molecule has 0 aliphatic heterocycles. The molecule has 23 heavy (non-hydrogen) atoms. The first-order valence-electron chi connectivity index (χ1n) is 7.18. The maximum atomic E-state index is 13.8. The number of fused-ring (bicyclic) bond motifs is 1. The summed E-state index contributed by atoms with van der Waals surface area (Å²) in [5.74, 6) is 0.503. The molecule has 3 aromatic rings. The van der Waals surface area contributed by atoms with E-state index >= 15 is 0 Å². The number of aromatic nitrogens is 3. The molecule has 7 heteroatoms. The maximum Gasteiger partial charge on any atom is 0.259 e. The monoisotopic (exact) mass is 317 g/mol. The minimum Gasteiger partial charge on any atom is -0.494 e. The van der Waals surface area contributed by atoms with Gasteiger partial charge in [0, 0.05) is 12.1 Å². The van der Waals surface area contributed by atoms with Crippen LogP contribution in [0.3, 0.4) is 0 Å². The molecular formula is C16H16FN3O3. The van der Waals surface area contributed by atoms with Gasteiger partial charge >= 0.3 is 0 Å². The second kappa shape index (κ2) is 5.83. The summed E-state index contributed by atoms with van der Waals surface area (Å²) < 4.78 is 25.7. The lowest BCUT2D eigenvalue weighted by Gasteiger charge is -2.07. The van der Waals surface area contributed by atoms with Gasteiger partial charge in [-0.2, -0.15) is 0 Å². The lowest BCUT2D eigenvalue weighted by molar-refractivity contribution is 0.387. The van der Waals surface area contributed by atoms with E-state index in [-0.39, 0.29) is 29.2 Å². The third-order valence-electron chi connectivity index (χ3n) is 3.53. The van der Waals surface area contributed by atoms with Crippen LogP contribution in [0.1, 0.15) is 31.5 Å². The third-order valence-corrected chi connectivity index (χ3v) is 3.53. The van der Waals surface area contributed by atoms with Gasteiger partial charge in [-0.15, -0.1) is 10.2 Å². The minimum absolute atomic E-state index is 0.105. The predicted octanol–water partition coefficient (Wildman–Crippen LogP) is 2.70. The molecule has 1 aromatic carbocycles. The number of hydrogen-bond acceptors (Lipinski definition) is 5. The van der Waals surface area contributed by atoms with Crippen molar-refractivity contribution in [3.63, 3.8) is 0 Å². The highest BCUT2D eigenvalue weighted by molar-refractivity contribution is 5.83. The zero-order valence-corrected chi connectivity index (χ0v) is 13.0. The van der Waals surface area contributed by atoms with E-state index in [0.29, 0.717) is 17.2 Å². The molecule has 0 aliphatic rings. The van der Waals surface area contributed by atoms with Crippen LogP contribution in [-0.4, -0.2) is 21.9 Å². The first-order valence-corrected chi connectivity index (χ1v) is 7.18. The van der Waals surface area contributed by atoms with Crippen molar-refractivity contribution in [2.24, 2.45) is 0 Å². The average Bonchev–Trinajstić information content (AvgIpc) is 2.99. The summed E-state index contributed by atoms with van der Waals surface area (Å²) in [5.41, 5.74) is -0.326. The first-order chi connectivity index (χ1) is 11.0. The van der Waals surface area contributed by atoms with E-state index < -0.39 is 5.82 Å². The largest absolute Gasteiger partial charge is 0.494 e. The fraction of sp³-hybridized carbons (Fsp3) is 0.312. The highest BCUT2D eigenvalue weighted by Gasteiger charge is 2.13. The van der Waals surface area contributed by atoms with Crippen molar-refractivity contribution in [2.75, 3.05) is 7.11 Å². The lowest BCUT2D eigenvalue weighted by atomic mass is 10.1. The van der Waals surface area contributed by atoms with Crippen LogP contribution in [-0.2, 0) is 6.54 Å². The molecule has 2 heterocycles. The van der Waals surface area contributed by atoms with Gasteiger partial charge in [-0.3, -0.25) is 4.79 Å². The zero-order chi connectivity index (χ0) is 16.6. The molecule has 0 atom stereocenters. The fourth-order valence-corrected chi connectivity index (χ4v) is 2.28. The van der Waals surface area contributed by atoms with E-state index in [9.17, 15) is 9.18 Å². The molecule has 6 nitrogen and oxygen atoms in total. The van der Waals surface area contributed by atoms with E-state index in [2.05, 4.69) is 10.2 Å². The molecule has 0 aliphatic carbocycles. The SMILES string of the molecule is COc1cc2ccn(Cc3nnc(C(C)C)o3)c(=O)c2cc1F. The van der Waals surface area contributed by atoms with Crippen molar-refractivity contribution in [1.29, 1.82) is 0 Å². The Morgan fingerprint density at radius 2 is 2.13 bits per heavy atom. The summed E-state index contributed by atoms with van der Waals surface area (Å²) in [6.45, 7) is 4.02. The van der Waals surface area contributed by atoms with Crippen LogP contribution >= 0.6 is 0 Å². The summed E-state index contributed by atoms with van der Waals surface area (Å²) in [7, 11) is 1.38. The second-order valence-corrected chi connectivity index (χ2v) is 5.51. The van der Waals surface area contributed by atoms with Gasteiger partial charge in [0.1, 0.15) is 6.54 Å². The van der Waals surface area contributed by atoms with Crippen molar-refractivity contribution in [1.82, 2.24) is 14.8 Å². The van der Waals surface area contributed by atoms with Crippen LogP contribution < -0.4 is 10.3 Å². The van der Waals surface area contributed by atoms with E-state index in [4.69, 9.17) is 9.15 Å². The van der Waals surface area contributed by atoms with Crippen molar-refractivity contribution in [2.45, 2.75) is 26.3 Å². The Kier molecular flexibility index (Phi) is 3.85. The molecule has 0 N–H and O–H groups in total. The molecule has 0 radical (unpaired) electrons. The normalized spacial score (nSPS) is 11.3. The van der Waals surface area contributed by atoms with Crippen LogP contribution in [0.5, 0.6) is 5.75 Å². The average molecular weight is 317 g/mol. The Balaban J connectivity index is 2.01. The number of hydrogen-bond donors (Lipinski definition) is 0. The number of halogens is 1. The van der Waals surface area contributed by atoms with Crippen LogP contribution in [0.2, 0.25) is 0 Å². The lowest BCUT2D eigenvalue weighted by Crippen LogP contribution is -2.20. The highest BCUT2D eigenvalue weighted by Crippen LogP contribution is 2.22. The molecule has 0 unspecified atom stereocenters. The van der Waals surface area contributed by atoms with Crippen molar-refractivity contribution >= 4 is 10.8 Å². The Hall–Kier alpha value is -2.70. The fourth-order valence-electron chi connectivity index (χ4n) is 2.28. The number of benzene rings is 1. The summed E-state index contributed by atoms with van der Waals surface area (Å²) in [6.07, 6.45) is 1.61. The Morgan fingerprint density at radius 1 is 1.35 bits per heavy atom. The smallest absolute Gasteiger partial charge is 0.259 e. The van der Waals surface area contributed by atoms with Gasteiger partial charge in [0.2, 0.25) is 11.8 Å². The Bertz CT molecular complexity index is 915. The van der Waals surface area contributed by atoms with Gasteiger partial charge in [0.25, 0.3) is 5.56 Å². The zero-order valence-electron chi connectivity index (χ0n) is 13.0. The van der Waals surface area contributed by atoms with Crippen LogP contribution in [0.25, 0.3) is 10.8 Å². The summed E-state index contributed by atoms with van der Waals surface area (Å²) in [4.78, 5) is 12.5. The maximum absolute atomic E-state index is 13.8. The highest BCUT2D eigenvalue weighted by atomic mass is 19.1. The predicted molar refractivity (Wildman–Crippen MR) is 82.2 cm³/mol. The third kappa shape index (κ3) is 2.81. The molecule has 0 bridgehead atoms. The Morgan fingerprint density at radius 3 is 2.78 bits per heavy atom. The van der Waals surface area contributed by atoms with Crippen LogP contribution in [0.4, 0.5) is 4.39 Å². The van der Waals surface area contributed by atoms with Gasteiger partial charge < -0.3 is 13.7 Å². The Labute approximate surface area is 131 Å². The standard InChI is InChI=1S/C16H16FN3O3/c1-9(2)15-19-18-14(23-15)8-20-5-4-10-6-13(22-3)12(17)7-11(10)16(20)21/h4-7,9H,8H2,1-3H3. The second-order valence-electron chi connectivity index (χ2n) is 5.51. The molecule has 0 fully saturated rings. The first kappa shape index (κ1) is 15.2. The minimum atomic E-state index is -0.574. The van der Waals surface area contributed by atoms with Gasteiger partial charge in [0.15, 0.2) is 11.6 Å². The van der Waals surface area contributed by atoms with Gasteiger partial charge in [-0.25, -0.2) is 4.39 Å². The van der Waals surface area contributed by atoms with E-state index in [1.165, 1.54) is 23.8 Å². The quantitative estimate of drug-likeness (QED) is 0.740. The van der Waals surface area contributed by atoms with Crippen LogP contribution in [0.15, 0.2) is 33.6 Å². The van der Waals surface area contributed by atoms with E-state index in [1.807, 2.05) is 13.8 Å². The van der Waals surface area contributed by atoms with Gasteiger partial charge in [0.05, 0.1) is 12.5 Å². The number of pyridine rings is 1. The van der Waals surface area contributed by atoms with Crippen LogP contribution in [0, 0.1) is 5.82 Å². The number of ether oxygens (including phenoxy) is 1. The molecule has 0 amide bonds. The molecule has 3 rings (SSSR count). The van der Waals surface area contributed by atoms with E-state index in [1.54, 1.807) is 12.3 Å². The van der Waals surface area contributed by atoms with Gasteiger partial charge in [-0.1, -0.05) is 13.8 Å². The molecular weight excluding hydrogens is 301 g/mol. The summed E-state index contributed by atoms with van der Waals surface area (Å²) in [6, 6.07) is 4.40. The molecule has 120 valence electrons. The molecule has 2 aromatic heterocycles. The molecule has 0 saturated carbocycles. The molecule has 0 spiro atoms. The summed E-state index contributed by atoms with van der Waals surface area (Å²) >= 11 is 0. The number of methoxy groups -OCH3 is 1. The van der Waals surface area contributed by atoms with Crippen molar-refractivity contribution in [3.8, 4) is 5.75 Å². The summed E-state index contributed by atoms with van der Waals surface area (Å²) in [5, 5.41) is 8.74. The number of nitrogens with zero attached hydrogens (tertiary/aromatic N) is 3. The topological polar surface area (TPSA) is 70.2 Å². The van der Waals surface area contributed by atoms with Gasteiger partial charge in [-0.05, 0) is 23.6 Å². The van der Waals surface area contributed by atoms with Crippen molar-refractivity contribution in [3.05, 3.63) is 52.3 Å². The number of rotatable bonds is 4.